The predicted octanol–water partition coefficient (Wildman–Crippen LogP) is 1.99. The average Bonchev–Trinajstić information content (AvgIpc) is 3.11. The molecule has 0 aliphatic carbocycles. The van der Waals surface area contributed by atoms with Gasteiger partial charge in [-0.3, -0.25) is 19.1 Å². The lowest BCUT2D eigenvalue weighted by atomic mass is 10.2. The number of benzene rings is 1. The first-order valence-corrected chi connectivity index (χ1v) is 11.2. The molecule has 32 heavy (non-hydrogen) atoms. The summed E-state index contributed by atoms with van der Waals surface area (Å²) in [5, 5.41) is 13.0. The summed E-state index contributed by atoms with van der Waals surface area (Å²) in [5.41, 5.74) is 0.608. The van der Waals surface area contributed by atoms with Crippen LogP contribution < -0.4 is 20.1 Å². The largest absolute Gasteiger partial charge is 0.382 e. The SMILES string of the molecule is CCOCCCNC(=O)/C(C#N)=c1\s/c(=C/c2ccccn2)c(=O)n1-c1ccc(Cl)cc1. The third-order valence-electron chi connectivity index (χ3n) is 4.38. The van der Waals surface area contributed by atoms with Crippen LogP contribution in [0.3, 0.4) is 0 Å². The van der Waals surface area contributed by atoms with Gasteiger partial charge in [0.15, 0.2) is 5.57 Å². The van der Waals surface area contributed by atoms with E-state index in [-0.39, 0.29) is 15.8 Å². The number of halogens is 1. The van der Waals surface area contributed by atoms with E-state index in [1.54, 1.807) is 48.7 Å². The van der Waals surface area contributed by atoms with E-state index in [0.29, 0.717) is 47.1 Å². The number of pyridine rings is 1. The van der Waals surface area contributed by atoms with Crippen LogP contribution in [0.2, 0.25) is 5.02 Å². The van der Waals surface area contributed by atoms with Crippen molar-refractivity contribution in [2.24, 2.45) is 0 Å². The van der Waals surface area contributed by atoms with Gasteiger partial charge < -0.3 is 10.1 Å². The molecule has 0 fully saturated rings. The van der Waals surface area contributed by atoms with Crippen molar-refractivity contribution in [1.82, 2.24) is 14.9 Å². The van der Waals surface area contributed by atoms with E-state index in [9.17, 15) is 14.9 Å². The Bertz CT molecular complexity index is 1290. The van der Waals surface area contributed by atoms with Crippen molar-refractivity contribution in [1.29, 1.82) is 5.26 Å². The van der Waals surface area contributed by atoms with Crippen molar-refractivity contribution in [3.8, 4) is 11.8 Å². The van der Waals surface area contributed by atoms with E-state index in [0.717, 1.165) is 11.3 Å². The van der Waals surface area contributed by atoms with Crippen LogP contribution in [-0.2, 0) is 9.53 Å². The number of nitriles is 1. The van der Waals surface area contributed by atoms with Crippen LogP contribution >= 0.6 is 22.9 Å². The molecule has 2 aromatic heterocycles. The molecule has 0 bridgehead atoms. The van der Waals surface area contributed by atoms with Crippen LogP contribution in [0.25, 0.3) is 17.3 Å². The second-order valence-corrected chi connectivity index (χ2v) is 8.05. The van der Waals surface area contributed by atoms with Gasteiger partial charge in [-0.05, 0) is 55.8 Å². The highest BCUT2D eigenvalue weighted by Gasteiger charge is 2.17. The van der Waals surface area contributed by atoms with Crippen LogP contribution in [0.15, 0.2) is 53.5 Å². The van der Waals surface area contributed by atoms with Gasteiger partial charge in [0.25, 0.3) is 11.5 Å². The fourth-order valence-corrected chi connectivity index (χ4v) is 4.09. The molecule has 0 radical (unpaired) electrons. The number of rotatable bonds is 8. The molecule has 2 heterocycles. The molecule has 0 saturated heterocycles. The molecule has 1 N–H and O–H groups in total. The van der Waals surface area contributed by atoms with Gasteiger partial charge in [-0.15, -0.1) is 11.3 Å². The first kappa shape index (κ1) is 23.4. The van der Waals surface area contributed by atoms with Crippen LogP contribution in [0.1, 0.15) is 19.0 Å². The van der Waals surface area contributed by atoms with Crippen molar-refractivity contribution in [3.05, 3.63) is 78.9 Å². The fourth-order valence-electron chi connectivity index (χ4n) is 2.87. The minimum atomic E-state index is -0.544. The highest BCUT2D eigenvalue weighted by molar-refractivity contribution is 7.07. The van der Waals surface area contributed by atoms with Crippen molar-refractivity contribution < 1.29 is 9.53 Å². The number of carbonyl (C=O) groups is 1. The fraction of sp³-hybridized carbons (Fsp3) is 0.217. The van der Waals surface area contributed by atoms with E-state index in [1.807, 2.05) is 19.1 Å². The van der Waals surface area contributed by atoms with Gasteiger partial charge in [0, 0.05) is 31.0 Å². The number of thiazole rings is 1. The summed E-state index contributed by atoms with van der Waals surface area (Å²) in [6, 6.07) is 13.9. The minimum Gasteiger partial charge on any atom is -0.382 e. The Morgan fingerprint density at radius 2 is 2.09 bits per heavy atom. The van der Waals surface area contributed by atoms with Gasteiger partial charge in [0.05, 0.1) is 15.9 Å². The van der Waals surface area contributed by atoms with E-state index < -0.39 is 5.91 Å². The van der Waals surface area contributed by atoms with Crippen LogP contribution in [0.5, 0.6) is 0 Å². The summed E-state index contributed by atoms with van der Waals surface area (Å²) >= 11 is 7.06. The smallest absolute Gasteiger partial charge is 0.273 e. The molecule has 3 aromatic rings. The first-order valence-electron chi connectivity index (χ1n) is 9.96. The summed E-state index contributed by atoms with van der Waals surface area (Å²) in [5.74, 6) is -0.544. The van der Waals surface area contributed by atoms with Gasteiger partial charge in [-0.2, -0.15) is 5.26 Å². The third kappa shape index (κ3) is 5.71. The Morgan fingerprint density at radius 3 is 2.75 bits per heavy atom. The van der Waals surface area contributed by atoms with Gasteiger partial charge >= 0.3 is 0 Å². The molecule has 3 rings (SSSR count). The molecule has 0 atom stereocenters. The van der Waals surface area contributed by atoms with Crippen molar-refractivity contribution in [2.75, 3.05) is 19.8 Å². The van der Waals surface area contributed by atoms with Crippen molar-refractivity contribution in [3.63, 3.8) is 0 Å². The Labute approximate surface area is 193 Å². The van der Waals surface area contributed by atoms with Gasteiger partial charge in [0.1, 0.15) is 10.7 Å². The predicted molar refractivity (Wildman–Crippen MR) is 125 cm³/mol. The molecule has 1 aromatic carbocycles. The van der Waals surface area contributed by atoms with E-state index in [4.69, 9.17) is 16.3 Å². The number of nitrogens with zero attached hydrogens (tertiary/aromatic N) is 3. The van der Waals surface area contributed by atoms with Gasteiger partial charge in [-0.25, -0.2) is 0 Å². The molecule has 7 nitrogen and oxygen atoms in total. The monoisotopic (exact) mass is 468 g/mol. The number of nitrogens with one attached hydrogen (secondary N) is 1. The quantitative estimate of drug-likeness (QED) is 0.510. The maximum absolute atomic E-state index is 13.3. The molecular formula is C23H21ClN4O3S. The number of aromatic nitrogens is 2. The van der Waals surface area contributed by atoms with E-state index in [2.05, 4.69) is 10.3 Å². The topological polar surface area (TPSA) is 97.0 Å². The van der Waals surface area contributed by atoms with Crippen molar-refractivity contribution >= 4 is 40.5 Å². The standard InChI is InChI=1S/C23H21ClN4O3S/c1-2-31-13-5-12-27-21(29)19(15-25)23-28(18-9-7-16(24)8-10-18)22(30)20(32-23)14-17-6-3-4-11-26-17/h3-4,6-11,14H,2,5,12-13H2,1H3,(H,27,29)/b20-14+,23-19-. The summed E-state index contributed by atoms with van der Waals surface area (Å²) in [4.78, 5) is 30.3. The Hall–Kier alpha value is -3.25. The van der Waals surface area contributed by atoms with E-state index >= 15 is 0 Å². The third-order valence-corrected chi connectivity index (χ3v) is 5.73. The summed E-state index contributed by atoms with van der Waals surface area (Å²) < 4.78 is 7.21. The van der Waals surface area contributed by atoms with Crippen LogP contribution in [-0.4, -0.2) is 35.2 Å². The number of hydrogen-bond acceptors (Lipinski definition) is 6. The molecule has 9 heteroatoms. The number of amides is 1. The van der Waals surface area contributed by atoms with Crippen LogP contribution in [0.4, 0.5) is 0 Å². The second kappa shape index (κ2) is 11.4. The highest BCUT2D eigenvalue weighted by Crippen LogP contribution is 2.11. The molecule has 0 saturated carbocycles. The van der Waals surface area contributed by atoms with E-state index in [1.165, 1.54) is 4.57 Å². The maximum atomic E-state index is 13.3. The molecular weight excluding hydrogens is 448 g/mol. The normalized spacial score (nSPS) is 12.3. The number of carbonyl (C=O) groups excluding carboxylic acids is 1. The lowest BCUT2D eigenvalue weighted by Gasteiger charge is -2.06. The molecule has 0 spiro atoms. The van der Waals surface area contributed by atoms with Gasteiger partial charge in [-0.1, -0.05) is 17.7 Å². The lowest BCUT2D eigenvalue weighted by Crippen LogP contribution is -2.34. The molecule has 0 unspecified atom stereocenters. The zero-order valence-corrected chi connectivity index (χ0v) is 18.9. The first-order chi connectivity index (χ1) is 15.5. The number of hydrogen-bond donors (Lipinski definition) is 1. The van der Waals surface area contributed by atoms with Crippen LogP contribution in [0, 0.1) is 11.3 Å². The second-order valence-electron chi connectivity index (χ2n) is 6.58. The lowest BCUT2D eigenvalue weighted by molar-refractivity contribution is -0.115. The summed E-state index contributed by atoms with van der Waals surface area (Å²) in [6.45, 7) is 3.36. The zero-order chi connectivity index (χ0) is 22.9. The number of ether oxygens (including phenoxy) is 1. The maximum Gasteiger partial charge on any atom is 0.273 e. The summed E-state index contributed by atoms with van der Waals surface area (Å²) in [6.07, 6.45) is 3.88. The van der Waals surface area contributed by atoms with Gasteiger partial charge in [0.2, 0.25) is 0 Å². The Kier molecular flexibility index (Phi) is 8.34. The highest BCUT2D eigenvalue weighted by atomic mass is 35.5. The Balaban J connectivity index is 2.14. The molecule has 164 valence electrons. The average molecular weight is 469 g/mol. The van der Waals surface area contributed by atoms with Crippen molar-refractivity contribution in [2.45, 2.75) is 13.3 Å². The Morgan fingerprint density at radius 1 is 1.31 bits per heavy atom. The summed E-state index contributed by atoms with van der Waals surface area (Å²) in [7, 11) is 0. The molecule has 0 aliphatic heterocycles. The molecule has 1 amide bonds. The minimum absolute atomic E-state index is 0.140. The zero-order valence-electron chi connectivity index (χ0n) is 17.4. The molecule has 0 aliphatic rings.